The van der Waals surface area contributed by atoms with Gasteiger partial charge in [0, 0.05) is 19.7 Å². The minimum atomic E-state index is -0.145. The maximum atomic E-state index is 11.8. The number of hydrogen-bond donors (Lipinski definition) is 0. The van der Waals surface area contributed by atoms with Gasteiger partial charge in [0.15, 0.2) is 0 Å². The number of ketones is 1. The van der Waals surface area contributed by atoms with Gasteiger partial charge >= 0.3 is 0 Å². The van der Waals surface area contributed by atoms with Crippen LogP contribution in [0.3, 0.4) is 0 Å². The predicted molar refractivity (Wildman–Crippen MR) is 63.1 cm³/mol. The molecule has 0 aliphatic heterocycles. The summed E-state index contributed by atoms with van der Waals surface area (Å²) in [5.74, 6) is 0.0930. The Morgan fingerprint density at radius 3 is 3.12 bits per heavy atom. The van der Waals surface area contributed by atoms with Crippen LogP contribution in [0, 0.1) is 0 Å². The van der Waals surface area contributed by atoms with Crippen LogP contribution in [0.5, 0.6) is 0 Å². The Morgan fingerprint density at radius 1 is 1.50 bits per heavy atom. The monoisotopic (exact) mass is 217 g/mol. The van der Waals surface area contributed by atoms with Gasteiger partial charge in [-0.05, 0) is 11.1 Å². The van der Waals surface area contributed by atoms with Crippen LogP contribution >= 0.6 is 0 Å². The van der Waals surface area contributed by atoms with Crippen molar-refractivity contribution in [2.45, 2.75) is 12.3 Å². The molecule has 1 aliphatic rings. The molecule has 84 valence electrons. The summed E-state index contributed by atoms with van der Waals surface area (Å²) >= 11 is 0. The number of hydrogen-bond acceptors (Lipinski definition) is 3. The zero-order valence-corrected chi connectivity index (χ0v) is 9.35. The first-order valence-electron chi connectivity index (χ1n) is 5.42. The van der Waals surface area contributed by atoms with Crippen LogP contribution in [0.4, 0.5) is 0 Å². The van der Waals surface area contributed by atoms with E-state index in [2.05, 4.69) is 4.99 Å². The third-order valence-electron chi connectivity index (χ3n) is 2.78. The molecule has 16 heavy (non-hydrogen) atoms. The lowest BCUT2D eigenvalue weighted by atomic mass is 10.0. The summed E-state index contributed by atoms with van der Waals surface area (Å²) in [6.45, 7) is 1.21. The van der Waals surface area contributed by atoms with Crippen molar-refractivity contribution in [3.05, 3.63) is 35.4 Å². The van der Waals surface area contributed by atoms with Crippen molar-refractivity contribution in [3.63, 3.8) is 0 Å². The van der Waals surface area contributed by atoms with Crippen molar-refractivity contribution in [1.29, 1.82) is 0 Å². The average Bonchev–Trinajstić information content (AvgIpc) is 2.61. The molecule has 0 saturated heterocycles. The molecule has 0 heterocycles. The molecule has 0 radical (unpaired) electrons. The molecule has 1 aliphatic carbocycles. The topological polar surface area (TPSA) is 38.7 Å². The number of carbonyl (C=O) groups excluding carboxylic acids is 1. The van der Waals surface area contributed by atoms with Crippen LogP contribution in [0.2, 0.25) is 0 Å². The lowest BCUT2D eigenvalue weighted by molar-refractivity contribution is -0.117. The number of benzene rings is 1. The molecular formula is C13H15NO2. The summed E-state index contributed by atoms with van der Waals surface area (Å²) in [4.78, 5) is 16.0. The number of carbonyl (C=O) groups is 1. The second kappa shape index (κ2) is 5.03. The van der Waals surface area contributed by atoms with E-state index in [4.69, 9.17) is 4.74 Å². The van der Waals surface area contributed by atoms with Crippen LogP contribution in [-0.2, 0) is 16.0 Å². The van der Waals surface area contributed by atoms with Crippen LogP contribution in [-0.4, -0.2) is 32.3 Å². The molecule has 3 nitrogen and oxygen atoms in total. The van der Waals surface area contributed by atoms with Gasteiger partial charge in [0.05, 0.1) is 19.1 Å². The fraction of sp³-hybridized carbons (Fsp3) is 0.385. The second-order valence-corrected chi connectivity index (χ2v) is 3.87. The Bertz CT molecular complexity index is 412. The Labute approximate surface area is 95.2 Å². The molecule has 1 aromatic rings. The minimum Gasteiger partial charge on any atom is -0.383 e. The molecule has 0 amide bonds. The molecule has 1 aromatic carbocycles. The fourth-order valence-electron chi connectivity index (χ4n) is 1.96. The molecule has 0 unspecified atom stereocenters. The van der Waals surface area contributed by atoms with Crippen LogP contribution in [0.1, 0.15) is 17.0 Å². The van der Waals surface area contributed by atoms with Gasteiger partial charge < -0.3 is 4.74 Å². The normalized spacial score (nSPS) is 19.3. The van der Waals surface area contributed by atoms with Gasteiger partial charge in [0.1, 0.15) is 5.78 Å². The van der Waals surface area contributed by atoms with E-state index in [1.807, 2.05) is 24.3 Å². The van der Waals surface area contributed by atoms with E-state index in [0.29, 0.717) is 19.6 Å². The molecule has 1 atom stereocenters. The Balaban J connectivity index is 2.10. The zero-order valence-electron chi connectivity index (χ0n) is 9.35. The van der Waals surface area contributed by atoms with E-state index in [1.54, 1.807) is 13.3 Å². The number of fused-ring (bicyclic) bond motifs is 1. The van der Waals surface area contributed by atoms with E-state index in [1.165, 1.54) is 0 Å². The van der Waals surface area contributed by atoms with Crippen molar-refractivity contribution in [2.75, 3.05) is 20.3 Å². The summed E-state index contributed by atoms with van der Waals surface area (Å²) in [6.07, 6.45) is 2.30. The second-order valence-electron chi connectivity index (χ2n) is 3.87. The van der Waals surface area contributed by atoms with Crippen LogP contribution in [0.25, 0.3) is 0 Å². The first-order chi connectivity index (χ1) is 7.83. The highest BCUT2D eigenvalue weighted by Gasteiger charge is 2.28. The molecule has 0 fully saturated rings. The summed E-state index contributed by atoms with van der Waals surface area (Å²) < 4.78 is 4.90. The van der Waals surface area contributed by atoms with Crippen molar-refractivity contribution in [2.24, 2.45) is 4.99 Å². The highest BCUT2D eigenvalue weighted by Crippen LogP contribution is 2.28. The quantitative estimate of drug-likeness (QED) is 0.567. The Kier molecular flexibility index (Phi) is 3.47. The largest absolute Gasteiger partial charge is 0.383 e. The van der Waals surface area contributed by atoms with E-state index in [0.717, 1.165) is 11.1 Å². The molecule has 0 bridgehead atoms. The van der Waals surface area contributed by atoms with Crippen molar-refractivity contribution in [1.82, 2.24) is 0 Å². The van der Waals surface area contributed by atoms with Gasteiger partial charge in [-0.2, -0.15) is 0 Å². The van der Waals surface area contributed by atoms with E-state index >= 15 is 0 Å². The van der Waals surface area contributed by atoms with E-state index in [9.17, 15) is 4.79 Å². The maximum absolute atomic E-state index is 11.8. The highest BCUT2D eigenvalue weighted by atomic mass is 16.5. The lowest BCUT2D eigenvalue weighted by Crippen LogP contribution is -2.08. The molecule has 0 N–H and O–H groups in total. The van der Waals surface area contributed by atoms with Crippen molar-refractivity contribution in [3.8, 4) is 0 Å². The first kappa shape index (κ1) is 11.0. The van der Waals surface area contributed by atoms with Gasteiger partial charge in [-0.3, -0.25) is 9.79 Å². The molecule has 2 rings (SSSR count). The lowest BCUT2D eigenvalue weighted by Gasteiger charge is -2.03. The average molecular weight is 217 g/mol. The zero-order chi connectivity index (χ0) is 11.4. The van der Waals surface area contributed by atoms with E-state index in [-0.39, 0.29) is 11.7 Å². The van der Waals surface area contributed by atoms with Crippen molar-refractivity contribution < 1.29 is 9.53 Å². The first-order valence-corrected chi connectivity index (χ1v) is 5.42. The number of aliphatic imine (C=N–C) groups is 1. The van der Waals surface area contributed by atoms with Gasteiger partial charge in [-0.25, -0.2) is 0 Å². The third kappa shape index (κ3) is 2.19. The Hall–Kier alpha value is -1.48. The van der Waals surface area contributed by atoms with E-state index < -0.39 is 0 Å². The van der Waals surface area contributed by atoms with Crippen LogP contribution in [0.15, 0.2) is 29.3 Å². The standard InChI is InChI=1S/C13H15NO2/c1-16-7-6-14-9-12-11-5-3-2-4-10(11)8-13(12)15/h2-5,9,12H,6-8H2,1H3/t12-/m1/s1. The molecule has 0 spiro atoms. The van der Waals surface area contributed by atoms with Gasteiger partial charge in [0.2, 0.25) is 0 Å². The van der Waals surface area contributed by atoms with Gasteiger partial charge in [-0.1, -0.05) is 24.3 Å². The van der Waals surface area contributed by atoms with Gasteiger partial charge in [0.25, 0.3) is 0 Å². The predicted octanol–water partition coefficient (Wildman–Crippen LogP) is 1.61. The number of ether oxygens (including phenoxy) is 1. The number of rotatable bonds is 4. The summed E-state index contributed by atoms with van der Waals surface area (Å²) in [6, 6.07) is 7.95. The number of nitrogens with zero attached hydrogens (tertiary/aromatic N) is 1. The van der Waals surface area contributed by atoms with Crippen molar-refractivity contribution >= 4 is 12.0 Å². The smallest absolute Gasteiger partial charge is 0.150 e. The summed E-state index contributed by atoms with van der Waals surface area (Å²) in [5.41, 5.74) is 2.24. The van der Waals surface area contributed by atoms with Gasteiger partial charge in [-0.15, -0.1) is 0 Å². The molecular weight excluding hydrogens is 202 g/mol. The van der Waals surface area contributed by atoms with Crippen LogP contribution < -0.4 is 0 Å². The number of Topliss-reactive ketones (excluding diaryl/α,β-unsaturated/α-hetero) is 1. The minimum absolute atomic E-state index is 0.145. The SMILES string of the molecule is COCCN=C[C@H]1C(=O)Cc2ccccc21. The molecule has 0 aromatic heterocycles. The maximum Gasteiger partial charge on any atom is 0.150 e. The Morgan fingerprint density at radius 2 is 2.31 bits per heavy atom. The molecule has 0 saturated carbocycles. The third-order valence-corrected chi connectivity index (χ3v) is 2.78. The number of methoxy groups -OCH3 is 1. The summed E-state index contributed by atoms with van der Waals surface area (Å²) in [7, 11) is 1.64. The summed E-state index contributed by atoms with van der Waals surface area (Å²) in [5, 5.41) is 0. The highest BCUT2D eigenvalue weighted by molar-refractivity contribution is 6.05. The molecule has 3 heteroatoms. The fourth-order valence-corrected chi connectivity index (χ4v) is 1.96.